The van der Waals surface area contributed by atoms with E-state index in [0.717, 1.165) is 34.6 Å². The van der Waals surface area contributed by atoms with Crippen molar-refractivity contribution < 1.29 is 18.0 Å². The van der Waals surface area contributed by atoms with Crippen molar-refractivity contribution in [1.82, 2.24) is 9.55 Å². The summed E-state index contributed by atoms with van der Waals surface area (Å²) in [4.78, 5) is 19.1. The third kappa shape index (κ3) is 4.20. The predicted octanol–water partition coefficient (Wildman–Crippen LogP) is 6.28. The summed E-state index contributed by atoms with van der Waals surface area (Å²) in [5.74, 6) is 0.283. The van der Waals surface area contributed by atoms with Crippen LogP contribution in [-0.4, -0.2) is 22.0 Å². The number of anilines is 1. The van der Waals surface area contributed by atoms with Gasteiger partial charge in [0.25, 0.3) is 0 Å². The lowest BCUT2D eigenvalue weighted by atomic mass is 10.1. The normalized spacial score (nSPS) is 16.7. The Morgan fingerprint density at radius 2 is 1.76 bits per heavy atom. The van der Waals surface area contributed by atoms with E-state index >= 15 is 0 Å². The largest absolute Gasteiger partial charge is 0.416 e. The second-order valence-corrected chi connectivity index (χ2v) is 8.56. The molecule has 168 valence electrons. The molecule has 2 heterocycles. The van der Waals surface area contributed by atoms with E-state index < -0.39 is 11.7 Å². The van der Waals surface area contributed by atoms with Gasteiger partial charge in [-0.1, -0.05) is 41.9 Å². The number of carbonyl (C=O) groups excluding carboxylic acids is 1. The highest BCUT2D eigenvalue weighted by molar-refractivity contribution is 6.30. The van der Waals surface area contributed by atoms with Gasteiger partial charge in [0.05, 0.1) is 16.6 Å². The molecule has 1 aromatic heterocycles. The van der Waals surface area contributed by atoms with Gasteiger partial charge in [0.2, 0.25) is 5.91 Å². The third-order valence-electron chi connectivity index (χ3n) is 5.91. The summed E-state index contributed by atoms with van der Waals surface area (Å²) in [5, 5.41) is 0.646. The number of hydrogen-bond donors (Lipinski definition) is 0. The lowest BCUT2D eigenvalue weighted by Gasteiger charge is -2.19. The Labute approximate surface area is 193 Å². The van der Waals surface area contributed by atoms with Gasteiger partial charge in [0.1, 0.15) is 5.82 Å². The van der Waals surface area contributed by atoms with Crippen LogP contribution < -0.4 is 4.90 Å². The highest BCUT2D eigenvalue weighted by Gasteiger charge is 2.36. The van der Waals surface area contributed by atoms with Crippen LogP contribution in [0.2, 0.25) is 5.02 Å². The quantitative estimate of drug-likeness (QED) is 0.353. The molecule has 0 spiro atoms. The Balaban J connectivity index is 1.50. The number of alkyl halides is 3. The van der Waals surface area contributed by atoms with Gasteiger partial charge >= 0.3 is 6.18 Å². The summed E-state index contributed by atoms with van der Waals surface area (Å²) in [6.45, 7) is 0.811. The minimum Gasteiger partial charge on any atom is -0.323 e. The van der Waals surface area contributed by atoms with Crippen molar-refractivity contribution in [1.29, 1.82) is 0 Å². The molecule has 0 radical (unpaired) electrons. The molecular formula is C25H19ClF3N3O. The van der Waals surface area contributed by atoms with Gasteiger partial charge in [0, 0.05) is 36.1 Å². The van der Waals surface area contributed by atoms with Gasteiger partial charge in [0.15, 0.2) is 0 Å². The summed E-state index contributed by atoms with van der Waals surface area (Å²) in [7, 11) is 0. The maximum atomic E-state index is 13.2. The minimum atomic E-state index is -4.47. The number of para-hydroxylation sites is 2. The van der Waals surface area contributed by atoms with Gasteiger partial charge < -0.3 is 9.47 Å². The standard InChI is InChI=1S/C25H19ClF3N3O/c26-19-10-8-16(9-11-19)14-32-22-7-2-1-6-21(22)30-24(32)17-12-23(33)31(15-17)20-5-3-4-18(13-20)25(27,28)29/h1-11,13,17H,12,14-15H2/t17-/m1/s1. The van der Waals surface area contributed by atoms with Crippen LogP contribution in [-0.2, 0) is 17.5 Å². The number of nitrogens with zero attached hydrogens (tertiary/aromatic N) is 3. The van der Waals surface area contributed by atoms with Gasteiger partial charge in [-0.15, -0.1) is 0 Å². The van der Waals surface area contributed by atoms with E-state index in [2.05, 4.69) is 4.57 Å². The van der Waals surface area contributed by atoms with E-state index in [1.54, 1.807) is 0 Å². The minimum absolute atomic E-state index is 0.181. The summed E-state index contributed by atoms with van der Waals surface area (Å²) in [6, 6.07) is 20.1. The molecule has 0 unspecified atom stereocenters. The molecule has 33 heavy (non-hydrogen) atoms. The van der Waals surface area contributed by atoms with Gasteiger partial charge in [-0.3, -0.25) is 4.79 Å². The Bertz CT molecular complexity index is 1330. The number of halogens is 4. The van der Waals surface area contributed by atoms with E-state index in [1.807, 2.05) is 48.5 Å². The topological polar surface area (TPSA) is 38.1 Å². The summed E-state index contributed by atoms with van der Waals surface area (Å²) < 4.78 is 41.6. The third-order valence-corrected chi connectivity index (χ3v) is 6.17. The van der Waals surface area contributed by atoms with Crippen LogP contribution in [0.4, 0.5) is 18.9 Å². The van der Waals surface area contributed by atoms with Crippen LogP contribution in [0.1, 0.15) is 29.3 Å². The van der Waals surface area contributed by atoms with Crippen molar-refractivity contribution in [3.05, 3.63) is 94.8 Å². The van der Waals surface area contributed by atoms with Crippen molar-refractivity contribution in [3.8, 4) is 0 Å². The molecule has 1 aliphatic rings. The zero-order valence-corrected chi connectivity index (χ0v) is 18.1. The fraction of sp³-hybridized carbons (Fsp3) is 0.200. The first-order valence-electron chi connectivity index (χ1n) is 10.5. The molecule has 1 fully saturated rings. The molecule has 1 aliphatic heterocycles. The first-order valence-corrected chi connectivity index (χ1v) is 10.8. The maximum Gasteiger partial charge on any atom is 0.416 e. The smallest absolute Gasteiger partial charge is 0.323 e. The van der Waals surface area contributed by atoms with Gasteiger partial charge in [-0.25, -0.2) is 4.98 Å². The Morgan fingerprint density at radius 3 is 2.52 bits per heavy atom. The Morgan fingerprint density at radius 1 is 1.00 bits per heavy atom. The zero-order valence-electron chi connectivity index (χ0n) is 17.4. The molecule has 0 bridgehead atoms. The molecule has 1 amide bonds. The molecule has 3 aromatic carbocycles. The molecule has 0 aliphatic carbocycles. The average Bonchev–Trinajstić information content (AvgIpc) is 3.35. The molecule has 1 atom stereocenters. The molecule has 8 heteroatoms. The van der Waals surface area contributed by atoms with Crippen LogP contribution >= 0.6 is 11.6 Å². The average molecular weight is 470 g/mol. The van der Waals surface area contributed by atoms with Gasteiger partial charge in [-0.2, -0.15) is 13.2 Å². The van der Waals surface area contributed by atoms with E-state index in [0.29, 0.717) is 11.6 Å². The fourth-order valence-corrected chi connectivity index (χ4v) is 4.45. The van der Waals surface area contributed by atoms with E-state index in [-0.39, 0.29) is 30.5 Å². The highest BCUT2D eigenvalue weighted by atomic mass is 35.5. The molecule has 4 aromatic rings. The number of amides is 1. The number of benzene rings is 3. The number of aromatic nitrogens is 2. The number of hydrogen-bond acceptors (Lipinski definition) is 2. The van der Waals surface area contributed by atoms with Gasteiger partial charge in [-0.05, 0) is 48.0 Å². The maximum absolute atomic E-state index is 13.2. The highest BCUT2D eigenvalue weighted by Crippen LogP contribution is 2.36. The van der Waals surface area contributed by atoms with Crippen molar-refractivity contribution in [2.24, 2.45) is 0 Å². The summed E-state index contributed by atoms with van der Waals surface area (Å²) >= 11 is 6.02. The first kappa shape index (κ1) is 21.5. The lowest BCUT2D eigenvalue weighted by molar-refractivity contribution is -0.137. The fourth-order valence-electron chi connectivity index (χ4n) is 4.32. The number of fused-ring (bicyclic) bond motifs is 1. The van der Waals surface area contributed by atoms with Crippen molar-refractivity contribution >= 4 is 34.2 Å². The van der Waals surface area contributed by atoms with E-state index in [1.165, 1.54) is 17.0 Å². The monoisotopic (exact) mass is 469 g/mol. The number of carbonyl (C=O) groups is 1. The predicted molar refractivity (Wildman–Crippen MR) is 121 cm³/mol. The van der Waals surface area contributed by atoms with Crippen molar-refractivity contribution in [2.45, 2.75) is 25.1 Å². The first-order chi connectivity index (χ1) is 15.8. The van der Waals surface area contributed by atoms with Crippen molar-refractivity contribution in [3.63, 3.8) is 0 Å². The zero-order chi connectivity index (χ0) is 23.2. The van der Waals surface area contributed by atoms with E-state index in [9.17, 15) is 18.0 Å². The molecule has 1 saturated heterocycles. The SMILES string of the molecule is O=C1C[C@@H](c2nc3ccccc3n2Cc2ccc(Cl)cc2)CN1c1cccc(C(F)(F)F)c1. The van der Waals surface area contributed by atoms with Crippen LogP contribution in [0.3, 0.4) is 0 Å². The van der Waals surface area contributed by atoms with Crippen LogP contribution in [0.15, 0.2) is 72.8 Å². The molecular weight excluding hydrogens is 451 g/mol. The second-order valence-electron chi connectivity index (χ2n) is 8.12. The number of rotatable bonds is 4. The molecule has 0 N–H and O–H groups in total. The molecule has 5 rings (SSSR count). The lowest BCUT2D eigenvalue weighted by Crippen LogP contribution is -2.25. The summed E-state index contributed by atoms with van der Waals surface area (Å²) in [5.41, 5.74) is 2.26. The van der Waals surface area contributed by atoms with Crippen LogP contribution in [0.5, 0.6) is 0 Å². The Hall–Kier alpha value is -3.32. The van der Waals surface area contributed by atoms with E-state index in [4.69, 9.17) is 16.6 Å². The van der Waals surface area contributed by atoms with Crippen LogP contribution in [0.25, 0.3) is 11.0 Å². The van der Waals surface area contributed by atoms with Crippen LogP contribution in [0, 0.1) is 0 Å². The number of imidazole rings is 1. The summed E-state index contributed by atoms with van der Waals surface area (Å²) in [6.07, 6.45) is -4.29. The second kappa shape index (κ2) is 8.23. The van der Waals surface area contributed by atoms with Crippen molar-refractivity contribution in [2.75, 3.05) is 11.4 Å². The molecule has 4 nitrogen and oxygen atoms in total. The molecule has 0 saturated carbocycles. The Kier molecular flexibility index (Phi) is 5.37.